The zero-order valence-corrected chi connectivity index (χ0v) is 22.3. The molecule has 11 heteroatoms. The molecule has 0 spiro atoms. The third-order valence-electron chi connectivity index (χ3n) is 6.86. The van der Waals surface area contributed by atoms with Gasteiger partial charge in [0, 0.05) is 35.2 Å². The Labute approximate surface area is 238 Å². The smallest absolute Gasteiger partial charge is 0.354 e. The van der Waals surface area contributed by atoms with Gasteiger partial charge in [0.05, 0.1) is 18.3 Å². The molecule has 41 heavy (non-hydrogen) atoms. The van der Waals surface area contributed by atoms with Gasteiger partial charge in [-0.15, -0.1) is 0 Å². The SMILES string of the molecule is O=C(O)c1ccc2nc(Cc3ccc(-c4cccc(OCc5ccc(Cl)cc5F)n4)c(F)c3)n(C[C@@H]3CCO3)c2n1. The molecule has 3 aromatic heterocycles. The van der Waals surface area contributed by atoms with Crippen LogP contribution < -0.4 is 4.74 Å². The number of halogens is 3. The van der Waals surface area contributed by atoms with Gasteiger partial charge in [0.2, 0.25) is 5.88 Å². The molecule has 1 atom stereocenters. The molecule has 1 N–H and O–H groups in total. The summed E-state index contributed by atoms with van der Waals surface area (Å²) in [6.45, 7) is 1.08. The average Bonchev–Trinajstić information content (AvgIpc) is 3.26. The van der Waals surface area contributed by atoms with Crippen molar-refractivity contribution in [2.24, 2.45) is 0 Å². The normalized spacial score (nSPS) is 14.7. The molecule has 5 aromatic rings. The van der Waals surface area contributed by atoms with Crippen molar-refractivity contribution in [3.05, 3.63) is 106 Å². The van der Waals surface area contributed by atoms with Crippen molar-refractivity contribution < 1.29 is 28.2 Å². The Kier molecular flexibility index (Phi) is 7.34. The summed E-state index contributed by atoms with van der Waals surface area (Å²) in [6, 6.07) is 17.2. The first kappa shape index (κ1) is 26.8. The van der Waals surface area contributed by atoms with Crippen LogP contribution in [0.15, 0.2) is 66.7 Å². The number of hydrogen-bond donors (Lipinski definition) is 1. The van der Waals surface area contributed by atoms with Crippen molar-refractivity contribution in [3.63, 3.8) is 0 Å². The molecule has 6 rings (SSSR count). The van der Waals surface area contributed by atoms with Crippen molar-refractivity contribution in [3.8, 4) is 17.1 Å². The van der Waals surface area contributed by atoms with Gasteiger partial charge in [-0.25, -0.2) is 28.5 Å². The highest BCUT2D eigenvalue weighted by Gasteiger charge is 2.23. The van der Waals surface area contributed by atoms with Crippen LogP contribution in [0.4, 0.5) is 8.78 Å². The fourth-order valence-electron chi connectivity index (χ4n) is 4.62. The number of fused-ring (bicyclic) bond motifs is 1. The van der Waals surface area contributed by atoms with Gasteiger partial charge in [-0.05, 0) is 54.4 Å². The van der Waals surface area contributed by atoms with Crippen LogP contribution >= 0.6 is 11.6 Å². The summed E-state index contributed by atoms with van der Waals surface area (Å²) in [5.41, 5.74) is 2.56. The molecule has 0 unspecified atom stereocenters. The van der Waals surface area contributed by atoms with Gasteiger partial charge in [0.1, 0.15) is 29.6 Å². The third-order valence-corrected chi connectivity index (χ3v) is 7.09. The summed E-state index contributed by atoms with van der Waals surface area (Å²) >= 11 is 5.80. The van der Waals surface area contributed by atoms with E-state index in [2.05, 4.69) is 15.0 Å². The standard InChI is InChI=1S/C30H23ClF2N4O4/c31-19-6-5-18(22(32)14-19)16-41-28-3-1-2-24(35-28)21-7-4-17(12-23(21)33)13-27-34-25-8-9-26(30(38)39)36-29(25)37(27)15-20-10-11-40-20/h1-9,12,14,20H,10-11,13,15-16H2,(H,38,39)/t20-/m0/s1. The minimum absolute atomic E-state index is 0.0164. The maximum atomic E-state index is 15.4. The van der Waals surface area contributed by atoms with Gasteiger partial charge >= 0.3 is 5.97 Å². The average molecular weight is 577 g/mol. The molecule has 1 aliphatic rings. The minimum atomic E-state index is -1.13. The van der Waals surface area contributed by atoms with Crippen molar-refractivity contribution >= 4 is 28.7 Å². The van der Waals surface area contributed by atoms with Gasteiger partial charge in [0.25, 0.3) is 0 Å². The molecular weight excluding hydrogens is 554 g/mol. The number of nitrogens with zero attached hydrogens (tertiary/aromatic N) is 4. The highest BCUT2D eigenvalue weighted by Crippen LogP contribution is 2.27. The number of aromatic nitrogens is 4. The summed E-state index contributed by atoms with van der Waals surface area (Å²) in [4.78, 5) is 24.8. The molecule has 1 aliphatic heterocycles. The van der Waals surface area contributed by atoms with Crippen LogP contribution in [0.25, 0.3) is 22.4 Å². The van der Waals surface area contributed by atoms with E-state index in [0.717, 1.165) is 6.42 Å². The number of ether oxygens (including phenoxy) is 2. The fourth-order valence-corrected chi connectivity index (χ4v) is 4.78. The molecular formula is C30H23ClF2N4O4. The lowest BCUT2D eigenvalue weighted by Gasteiger charge is -2.27. The molecule has 0 bridgehead atoms. The van der Waals surface area contributed by atoms with Crippen molar-refractivity contribution in [2.45, 2.75) is 32.1 Å². The molecule has 0 aliphatic carbocycles. The van der Waals surface area contributed by atoms with E-state index in [0.29, 0.717) is 58.4 Å². The van der Waals surface area contributed by atoms with Crippen molar-refractivity contribution in [1.82, 2.24) is 19.5 Å². The number of benzene rings is 2. The fraction of sp³-hybridized carbons (Fsp3) is 0.200. The first-order valence-electron chi connectivity index (χ1n) is 12.9. The Bertz CT molecular complexity index is 1770. The van der Waals surface area contributed by atoms with E-state index in [1.54, 1.807) is 42.5 Å². The summed E-state index contributed by atoms with van der Waals surface area (Å²) in [5.74, 6) is -1.24. The number of carboxylic acid groups (broad SMARTS) is 1. The maximum absolute atomic E-state index is 15.4. The summed E-state index contributed by atoms with van der Waals surface area (Å²) in [7, 11) is 0. The Morgan fingerprint density at radius 3 is 2.63 bits per heavy atom. The number of aromatic carboxylic acids is 1. The molecule has 1 saturated heterocycles. The number of pyridine rings is 2. The maximum Gasteiger partial charge on any atom is 0.354 e. The largest absolute Gasteiger partial charge is 0.477 e. The van der Waals surface area contributed by atoms with Crippen LogP contribution in [-0.2, 0) is 24.3 Å². The second kappa shape index (κ2) is 11.2. The van der Waals surface area contributed by atoms with Crippen LogP contribution in [0.5, 0.6) is 5.88 Å². The highest BCUT2D eigenvalue weighted by atomic mass is 35.5. The van der Waals surface area contributed by atoms with E-state index in [1.807, 2.05) is 4.57 Å². The molecule has 0 radical (unpaired) electrons. The van der Waals surface area contributed by atoms with Crippen molar-refractivity contribution in [2.75, 3.05) is 6.61 Å². The topological polar surface area (TPSA) is 99.4 Å². The van der Waals surface area contributed by atoms with Gasteiger partial charge in [0.15, 0.2) is 11.3 Å². The second-order valence-electron chi connectivity index (χ2n) is 9.64. The zero-order valence-electron chi connectivity index (χ0n) is 21.6. The van der Waals surface area contributed by atoms with Crippen molar-refractivity contribution in [1.29, 1.82) is 0 Å². The second-order valence-corrected chi connectivity index (χ2v) is 10.1. The Morgan fingerprint density at radius 1 is 1.05 bits per heavy atom. The molecule has 4 heterocycles. The third kappa shape index (κ3) is 5.75. The Balaban J connectivity index is 1.23. The van der Waals surface area contributed by atoms with Crippen LogP contribution in [-0.4, -0.2) is 43.3 Å². The van der Waals surface area contributed by atoms with Gasteiger partial charge in [-0.2, -0.15) is 0 Å². The van der Waals surface area contributed by atoms with E-state index in [4.69, 9.17) is 21.1 Å². The summed E-state index contributed by atoms with van der Waals surface area (Å²) in [6.07, 6.45) is 1.16. The summed E-state index contributed by atoms with van der Waals surface area (Å²) < 4.78 is 42.5. The van der Waals surface area contributed by atoms with Gasteiger partial charge in [-0.1, -0.05) is 29.8 Å². The predicted molar refractivity (Wildman–Crippen MR) is 147 cm³/mol. The molecule has 8 nitrogen and oxygen atoms in total. The number of hydrogen-bond acceptors (Lipinski definition) is 6. The lowest BCUT2D eigenvalue weighted by molar-refractivity contribution is -0.0590. The van der Waals surface area contributed by atoms with Crippen LogP contribution in [0.3, 0.4) is 0 Å². The Hall–Kier alpha value is -4.41. The summed E-state index contributed by atoms with van der Waals surface area (Å²) in [5, 5.41) is 9.69. The monoisotopic (exact) mass is 576 g/mol. The molecule has 208 valence electrons. The molecule has 0 amide bonds. The first-order chi connectivity index (χ1) is 19.8. The lowest BCUT2D eigenvalue weighted by Crippen LogP contribution is -2.32. The number of carboxylic acids is 1. The number of imidazole rings is 1. The zero-order chi connectivity index (χ0) is 28.5. The lowest BCUT2D eigenvalue weighted by atomic mass is 10.1. The van der Waals surface area contributed by atoms with E-state index in [1.165, 1.54) is 24.3 Å². The van der Waals surface area contributed by atoms with Crippen LogP contribution in [0.1, 0.15) is 33.9 Å². The number of rotatable bonds is 9. The minimum Gasteiger partial charge on any atom is -0.477 e. The first-order valence-corrected chi connectivity index (χ1v) is 13.3. The van der Waals surface area contributed by atoms with Gasteiger partial charge in [-0.3, -0.25) is 0 Å². The van der Waals surface area contributed by atoms with E-state index >= 15 is 4.39 Å². The highest BCUT2D eigenvalue weighted by molar-refractivity contribution is 6.30. The predicted octanol–water partition coefficient (Wildman–Crippen LogP) is 6.08. The molecule has 0 saturated carbocycles. The van der Waals surface area contributed by atoms with E-state index in [9.17, 15) is 14.3 Å². The Morgan fingerprint density at radius 2 is 1.90 bits per heavy atom. The van der Waals surface area contributed by atoms with Gasteiger partial charge < -0.3 is 19.1 Å². The number of carbonyl (C=O) groups is 1. The van der Waals surface area contributed by atoms with Crippen LogP contribution in [0, 0.1) is 11.6 Å². The van der Waals surface area contributed by atoms with Crippen LogP contribution in [0.2, 0.25) is 5.02 Å². The quantitative estimate of drug-likeness (QED) is 0.227. The van der Waals surface area contributed by atoms with E-state index in [-0.39, 0.29) is 29.8 Å². The molecule has 2 aromatic carbocycles. The van der Waals surface area contributed by atoms with E-state index < -0.39 is 17.6 Å². The molecule has 1 fully saturated rings.